The van der Waals surface area contributed by atoms with E-state index < -0.39 is 16.8 Å². The van der Waals surface area contributed by atoms with Crippen molar-refractivity contribution in [1.29, 1.82) is 0 Å². The molecular weight excluding hydrogens is 348 g/mol. The molecule has 27 heavy (non-hydrogen) atoms. The summed E-state index contributed by atoms with van der Waals surface area (Å²) in [7, 11) is 1.61. The first-order chi connectivity index (χ1) is 12.8. The second kappa shape index (κ2) is 8.93. The van der Waals surface area contributed by atoms with Crippen LogP contribution < -0.4 is 0 Å². The van der Waals surface area contributed by atoms with Crippen LogP contribution in [0.1, 0.15) is 45.7 Å². The minimum atomic E-state index is -0.701. The first-order valence-electron chi connectivity index (χ1n) is 8.65. The van der Waals surface area contributed by atoms with Crippen LogP contribution in [0.15, 0.2) is 42.5 Å². The zero-order chi connectivity index (χ0) is 20.0. The van der Waals surface area contributed by atoms with E-state index in [1.54, 1.807) is 14.0 Å². The third-order valence-corrected chi connectivity index (χ3v) is 4.08. The van der Waals surface area contributed by atoms with Crippen molar-refractivity contribution in [2.45, 2.75) is 26.8 Å². The minimum Gasteiger partial charge on any atom is -0.462 e. The molecule has 0 aromatic heterocycles. The Labute approximate surface area is 157 Å². The zero-order valence-electron chi connectivity index (χ0n) is 15.6. The predicted octanol–water partition coefficient (Wildman–Crippen LogP) is 3.61. The molecule has 0 heterocycles. The van der Waals surface area contributed by atoms with Gasteiger partial charge in [0.2, 0.25) is 0 Å². The quantitative estimate of drug-likeness (QED) is 0.422. The number of aryl methyl sites for hydroxylation is 1. The molecule has 0 saturated heterocycles. The standard InChI is InChI=1S/C20H22N2O5/c1-4-14-6-8-15(9-7-14)13-21(3)19(23)16-10-17(20(24)27-5-2)12-18(11-16)22(25)26/h6-12H,4-5,13H2,1-3H3. The lowest BCUT2D eigenvalue weighted by molar-refractivity contribution is -0.384. The number of nitrogens with zero attached hydrogens (tertiary/aromatic N) is 2. The van der Waals surface area contributed by atoms with Gasteiger partial charge in [-0.25, -0.2) is 4.79 Å². The van der Waals surface area contributed by atoms with Gasteiger partial charge in [-0.05, 0) is 30.5 Å². The zero-order valence-corrected chi connectivity index (χ0v) is 15.6. The fourth-order valence-electron chi connectivity index (χ4n) is 2.62. The lowest BCUT2D eigenvalue weighted by Crippen LogP contribution is -2.26. The Morgan fingerprint density at radius 1 is 1.04 bits per heavy atom. The molecule has 2 aromatic rings. The summed E-state index contributed by atoms with van der Waals surface area (Å²) < 4.78 is 4.89. The van der Waals surface area contributed by atoms with Gasteiger partial charge in [0.05, 0.1) is 17.1 Å². The van der Waals surface area contributed by atoms with Crippen LogP contribution >= 0.6 is 0 Å². The van der Waals surface area contributed by atoms with E-state index in [1.807, 2.05) is 24.3 Å². The average Bonchev–Trinajstić information content (AvgIpc) is 2.67. The van der Waals surface area contributed by atoms with Crippen molar-refractivity contribution in [1.82, 2.24) is 4.90 Å². The molecule has 2 rings (SSSR count). The van der Waals surface area contributed by atoms with Gasteiger partial charge >= 0.3 is 5.97 Å². The Bertz CT molecular complexity index is 846. The fraction of sp³-hybridized carbons (Fsp3) is 0.300. The summed E-state index contributed by atoms with van der Waals surface area (Å²) in [6, 6.07) is 11.5. The second-order valence-corrected chi connectivity index (χ2v) is 6.08. The van der Waals surface area contributed by atoms with E-state index in [0.717, 1.165) is 18.1 Å². The summed E-state index contributed by atoms with van der Waals surface area (Å²) >= 11 is 0. The maximum absolute atomic E-state index is 12.7. The summed E-state index contributed by atoms with van der Waals surface area (Å²) in [4.78, 5) is 36.7. The van der Waals surface area contributed by atoms with Crippen molar-refractivity contribution in [2.75, 3.05) is 13.7 Å². The molecule has 142 valence electrons. The minimum absolute atomic E-state index is 0.0184. The van der Waals surface area contributed by atoms with Crippen molar-refractivity contribution < 1.29 is 19.2 Å². The molecule has 2 aromatic carbocycles. The molecule has 7 heteroatoms. The monoisotopic (exact) mass is 370 g/mol. The number of carbonyl (C=O) groups excluding carboxylic acids is 2. The molecule has 0 N–H and O–H groups in total. The number of carbonyl (C=O) groups is 2. The second-order valence-electron chi connectivity index (χ2n) is 6.08. The van der Waals surface area contributed by atoms with E-state index in [4.69, 9.17) is 4.74 Å². The van der Waals surface area contributed by atoms with E-state index in [9.17, 15) is 19.7 Å². The molecule has 0 aliphatic rings. The number of rotatable bonds is 7. The summed E-state index contributed by atoms with van der Waals surface area (Å²) in [6.07, 6.45) is 0.930. The van der Waals surface area contributed by atoms with Crippen LogP contribution in [-0.4, -0.2) is 35.4 Å². The van der Waals surface area contributed by atoms with E-state index >= 15 is 0 Å². The highest BCUT2D eigenvalue weighted by molar-refractivity contribution is 5.98. The molecule has 0 atom stereocenters. The van der Waals surface area contributed by atoms with E-state index in [2.05, 4.69) is 6.92 Å². The van der Waals surface area contributed by atoms with Crippen molar-refractivity contribution in [2.24, 2.45) is 0 Å². The summed E-state index contributed by atoms with van der Waals surface area (Å²) in [5.74, 6) is -1.11. The maximum atomic E-state index is 12.7. The summed E-state index contributed by atoms with van der Waals surface area (Å²) in [5.41, 5.74) is 1.87. The molecule has 0 bridgehead atoms. The Kier molecular flexibility index (Phi) is 6.65. The highest BCUT2D eigenvalue weighted by atomic mass is 16.6. The van der Waals surface area contributed by atoms with Gasteiger partial charge in [-0.1, -0.05) is 31.2 Å². The number of hydrogen-bond donors (Lipinski definition) is 0. The first kappa shape index (κ1) is 20.1. The number of hydrogen-bond acceptors (Lipinski definition) is 5. The fourth-order valence-corrected chi connectivity index (χ4v) is 2.62. The molecule has 0 aliphatic carbocycles. The normalized spacial score (nSPS) is 10.3. The number of ether oxygens (including phenoxy) is 1. The highest BCUT2D eigenvalue weighted by Gasteiger charge is 2.20. The number of benzene rings is 2. The molecule has 7 nitrogen and oxygen atoms in total. The van der Waals surface area contributed by atoms with E-state index in [-0.39, 0.29) is 23.4 Å². The van der Waals surface area contributed by atoms with Crippen LogP contribution in [0.2, 0.25) is 0 Å². The van der Waals surface area contributed by atoms with Crippen molar-refractivity contribution in [3.8, 4) is 0 Å². The van der Waals surface area contributed by atoms with Gasteiger partial charge in [0.15, 0.2) is 0 Å². The molecule has 0 spiro atoms. The SMILES string of the molecule is CCOC(=O)c1cc(C(=O)N(C)Cc2ccc(CC)cc2)cc([N+](=O)[O-])c1. The lowest BCUT2D eigenvalue weighted by Gasteiger charge is -2.18. The van der Waals surface area contributed by atoms with Gasteiger partial charge in [-0.2, -0.15) is 0 Å². The van der Waals surface area contributed by atoms with Gasteiger partial charge in [-0.15, -0.1) is 0 Å². The number of nitro benzene ring substituents is 1. The van der Waals surface area contributed by atoms with Crippen LogP contribution in [-0.2, 0) is 17.7 Å². The van der Waals surface area contributed by atoms with Crippen molar-refractivity contribution in [3.05, 3.63) is 74.8 Å². The largest absolute Gasteiger partial charge is 0.462 e. The Morgan fingerprint density at radius 3 is 2.19 bits per heavy atom. The molecule has 0 aliphatic heterocycles. The number of esters is 1. The van der Waals surface area contributed by atoms with Crippen LogP contribution in [0.3, 0.4) is 0 Å². The highest BCUT2D eigenvalue weighted by Crippen LogP contribution is 2.20. The summed E-state index contributed by atoms with van der Waals surface area (Å²) in [5, 5.41) is 11.2. The molecule has 0 radical (unpaired) electrons. The van der Waals surface area contributed by atoms with E-state index in [1.165, 1.54) is 22.6 Å². The van der Waals surface area contributed by atoms with Crippen LogP contribution in [0.25, 0.3) is 0 Å². The van der Waals surface area contributed by atoms with Gasteiger partial charge in [0.25, 0.3) is 11.6 Å². The van der Waals surface area contributed by atoms with E-state index in [0.29, 0.717) is 6.54 Å². The van der Waals surface area contributed by atoms with Crippen molar-refractivity contribution >= 4 is 17.6 Å². The number of amides is 1. The van der Waals surface area contributed by atoms with Gasteiger partial charge in [0.1, 0.15) is 0 Å². The van der Waals surface area contributed by atoms with Crippen LogP contribution in [0.4, 0.5) is 5.69 Å². The molecule has 0 unspecified atom stereocenters. The molecule has 1 amide bonds. The summed E-state index contributed by atoms with van der Waals surface area (Å²) in [6.45, 7) is 4.19. The maximum Gasteiger partial charge on any atom is 0.338 e. The molecule has 0 fully saturated rings. The van der Waals surface area contributed by atoms with Gasteiger partial charge in [-0.3, -0.25) is 14.9 Å². The number of nitro groups is 1. The van der Waals surface area contributed by atoms with Gasteiger partial charge in [0, 0.05) is 31.3 Å². The first-order valence-corrected chi connectivity index (χ1v) is 8.65. The Hall–Kier alpha value is -3.22. The lowest BCUT2D eigenvalue weighted by atomic mass is 10.1. The molecule has 0 saturated carbocycles. The number of non-ortho nitro benzene ring substituents is 1. The molecular formula is C20H22N2O5. The third kappa shape index (κ3) is 5.13. The average molecular weight is 370 g/mol. The van der Waals surface area contributed by atoms with Crippen LogP contribution in [0, 0.1) is 10.1 Å². The van der Waals surface area contributed by atoms with Crippen molar-refractivity contribution in [3.63, 3.8) is 0 Å². The Morgan fingerprint density at radius 2 is 1.63 bits per heavy atom. The predicted molar refractivity (Wildman–Crippen MR) is 101 cm³/mol. The van der Waals surface area contributed by atoms with Crippen LogP contribution in [0.5, 0.6) is 0 Å². The topological polar surface area (TPSA) is 89.8 Å². The van der Waals surface area contributed by atoms with Gasteiger partial charge < -0.3 is 9.64 Å². The third-order valence-electron chi connectivity index (χ3n) is 4.08. The smallest absolute Gasteiger partial charge is 0.338 e. The Balaban J connectivity index is 2.26.